The number of likely N-dealkylation sites (tertiary alicyclic amines) is 1. The van der Waals surface area contributed by atoms with Crippen molar-refractivity contribution in [1.82, 2.24) is 15.0 Å². The van der Waals surface area contributed by atoms with Crippen molar-refractivity contribution in [3.63, 3.8) is 0 Å². The number of carbonyl (C=O) groups excluding carboxylic acids is 1. The molecule has 5 heterocycles. The topological polar surface area (TPSA) is 49.6 Å². The number of rotatable bonds is 3. The Kier molecular flexibility index (Phi) is 4.31. The first-order valence-corrected chi connectivity index (χ1v) is 10.6. The second-order valence-corrected chi connectivity index (χ2v) is 9.10. The third-order valence-corrected chi connectivity index (χ3v) is 7.09. The van der Waals surface area contributed by atoms with Gasteiger partial charge in [0.05, 0.1) is 11.7 Å². The predicted molar refractivity (Wildman–Crippen MR) is 107 cm³/mol. The maximum Gasteiger partial charge on any atom is 0.292 e. The van der Waals surface area contributed by atoms with Crippen LogP contribution in [0, 0.1) is 12.8 Å². The van der Waals surface area contributed by atoms with E-state index in [1.807, 2.05) is 6.07 Å². The Bertz CT molecular complexity index is 864. The highest BCUT2D eigenvalue weighted by Crippen LogP contribution is 2.47. The first-order valence-electron chi connectivity index (χ1n) is 10.6. The van der Waals surface area contributed by atoms with Gasteiger partial charge in [0.2, 0.25) is 5.76 Å². The van der Waals surface area contributed by atoms with Gasteiger partial charge >= 0.3 is 0 Å². The van der Waals surface area contributed by atoms with E-state index in [9.17, 15) is 4.79 Å². The molecule has 0 unspecified atom stereocenters. The van der Waals surface area contributed by atoms with E-state index in [4.69, 9.17) is 4.52 Å². The Morgan fingerprint density at radius 2 is 1.86 bits per heavy atom. The van der Waals surface area contributed by atoms with Gasteiger partial charge in [0, 0.05) is 24.6 Å². The third kappa shape index (κ3) is 2.79. The Hall–Kier alpha value is -2.14. The van der Waals surface area contributed by atoms with Gasteiger partial charge in [0.25, 0.3) is 5.91 Å². The molecule has 0 aliphatic carbocycles. The van der Waals surface area contributed by atoms with E-state index in [1.165, 1.54) is 24.0 Å². The molecule has 1 aromatic carbocycles. The lowest BCUT2D eigenvalue weighted by Crippen LogP contribution is -2.60. The summed E-state index contributed by atoms with van der Waals surface area (Å²) in [6, 6.07) is 11.4. The van der Waals surface area contributed by atoms with Crippen molar-refractivity contribution < 1.29 is 9.32 Å². The number of hydrogen-bond acceptors (Lipinski definition) is 4. The molecule has 1 aromatic heterocycles. The molecule has 1 amide bonds. The van der Waals surface area contributed by atoms with Gasteiger partial charge < -0.3 is 9.42 Å². The zero-order valence-corrected chi connectivity index (χ0v) is 17.0. The van der Waals surface area contributed by atoms with Crippen molar-refractivity contribution in [3.8, 4) is 0 Å². The fourth-order valence-corrected chi connectivity index (χ4v) is 5.56. The molecule has 6 rings (SSSR count). The number of piperidine rings is 3. The van der Waals surface area contributed by atoms with Crippen molar-refractivity contribution >= 4 is 5.91 Å². The Labute approximate surface area is 166 Å². The molecule has 5 nitrogen and oxygen atoms in total. The largest absolute Gasteiger partial charge is 0.351 e. The Morgan fingerprint density at radius 3 is 2.50 bits per heavy atom. The van der Waals surface area contributed by atoms with Crippen molar-refractivity contribution in [1.29, 1.82) is 0 Å². The zero-order valence-electron chi connectivity index (χ0n) is 17.0. The summed E-state index contributed by atoms with van der Waals surface area (Å²) in [4.78, 5) is 18.2. The van der Waals surface area contributed by atoms with Crippen LogP contribution < -0.4 is 0 Å². The van der Waals surface area contributed by atoms with Crippen molar-refractivity contribution in [2.24, 2.45) is 5.92 Å². The first-order chi connectivity index (χ1) is 13.5. The zero-order chi connectivity index (χ0) is 19.4. The molecule has 4 fully saturated rings. The summed E-state index contributed by atoms with van der Waals surface area (Å²) in [6.45, 7) is 9.35. The quantitative estimate of drug-likeness (QED) is 0.814. The highest BCUT2D eigenvalue weighted by Gasteiger charge is 2.55. The van der Waals surface area contributed by atoms with Crippen LogP contribution in [-0.2, 0) is 0 Å². The molecular weight excluding hydrogens is 350 g/mol. The maximum atomic E-state index is 13.4. The SMILES string of the molecule is Cc1ccc([C@@H]2CN(C(=O)c3cc(C(C)C)no3)[C@H]3C4CCN(CC4)[C@@H]23)cc1. The molecule has 2 aromatic rings. The molecule has 0 saturated carbocycles. The van der Waals surface area contributed by atoms with Gasteiger partial charge in [-0.15, -0.1) is 0 Å². The van der Waals surface area contributed by atoms with Crippen molar-refractivity contribution in [2.75, 3.05) is 19.6 Å². The number of fused-ring (bicyclic) bond motifs is 2. The van der Waals surface area contributed by atoms with E-state index in [1.54, 1.807) is 0 Å². The van der Waals surface area contributed by atoms with Crippen LogP contribution in [0.25, 0.3) is 0 Å². The minimum absolute atomic E-state index is 0.0118. The molecule has 5 heteroatoms. The average Bonchev–Trinajstić information content (AvgIpc) is 3.36. The van der Waals surface area contributed by atoms with Gasteiger partial charge in [-0.1, -0.05) is 48.8 Å². The standard InChI is InChI=1S/C23H29N3O2/c1-14(2)19-12-20(28-24-19)23(27)26-13-18(16-6-4-15(3)5-7-16)22-21(26)17-8-10-25(22)11-9-17/h4-7,12,14,17-18,21-22H,8-11,13H2,1-3H3/t18-,21-,22-/m0/s1. The molecule has 148 valence electrons. The van der Waals surface area contributed by atoms with Gasteiger partial charge in [-0.2, -0.15) is 0 Å². The van der Waals surface area contributed by atoms with Crippen LogP contribution in [0.1, 0.15) is 65.9 Å². The van der Waals surface area contributed by atoms with Gasteiger partial charge in [-0.3, -0.25) is 9.69 Å². The fraction of sp³-hybridized carbons (Fsp3) is 0.565. The van der Waals surface area contributed by atoms with Crippen LogP contribution in [0.4, 0.5) is 0 Å². The molecule has 4 aliphatic rings. The van der Waals surface area contributed by atoms with Crippen LogP contribution >= 0.6 is 0 Å². The molecule has 0 N–H and O–H groups in total. The molecule has 0 radical (unpaired) electrons. The molecule has 4 aliphatic heterocycles. The summed E-state index contributed by atoms with van der Waals surface area (Å²) in [5.74, 6) is 1.63. The number of hydrogen-bond donors (Lipinski definition) is 0. The fourth-order valence-electron chi connectivity index (χ4n) is 5.56. The number of nitrogens with zero attached hydrogens (tertiary/aromatic N) is 3. The van der Waals surface area contributed by atoms with Crippen LogP contribution in [0.15, 0.2) is 34.9 Å². The van der Waals surface area contributed by atoms with Crippen molar-refractivity contribution in [2.45, 2.75) is 57.5 Å². The van der Waals surface area contributed by atoms with Crippen LogP contribution in [0.2, 0.25) is 0 Å². The Morgan fingerprint density at radius 1 is 1.14 bits per heavy atom. The van der Waals surface area contributed by atoms with E-state index in [0.29, 0.717) is 23.6 Å². The van der Waals surface area contributed by atoms with Gasteiger partial charge in [-0.25, -0.2) is 0 Å². The van der Waals surface area contributed by atoms with E-state index in [-0.39, 0.29) is 17.9 Å². The normalized spacial score (nSPS) is 31.4. The van der Waals surface area contributed by atoms with Crippen LogP contribution in [0.3, 0.4) is 0 Å². The summed E-state index contributed by atoms with van der Waals surface area (Å²) in [5, 5.41) is 4.11. The Balaban J connectivity index is 1.49. The first kappa shape index (κ1) is 17.9. The average molecular weight is 380 g/mol. The van der Waals surface area contributed by atoms with E-state index >= 15 is 0 Å². The molecule has 4 saturated heterocycles. The lowest BCUT2D eigenvalue weighted by Gasteiger charge is -2.51. The van der Waals surface area contributed by atoms with Crippen molar-refractivity contribution in [3.05, 3.63) is 52.9 Å². The third-order valence-electron chi connectivity index (χ3n) is 7.09. The molecule has 3 atom stereocenters. The van der Waals surface area contributed by atoms with E-state index in [2.05, 4.69) is 60.0 Å². The smallest absolute Gasteiger partial charge is 0.292 e. The summed E-state index contributed by atoms with van der Waals surface area (Å²) >= 11 is 0. The van der Waals surface area contributed by atoms with E-state index < -0.39 is 0 Å². The molecular formula is C23H29N3O2. The summed E-state index contributed by atoms with van der Waals surface area (Å²) < 4.78 is 5.46. The number of aryl methyl sites for hydroxylation is 1. The van der Waals surface area contributed by atoms with Crippen LogP contribution in [-0.4, -0.2) is 52.6 Å². The van der Waals surface area contributed by atoms with E-state index in [0.717, 1.165) is 25.3 Å². The second-order valence-electron chi connectivity index (χ2n) is 9.10. The summed E-state index contributed by atoms with van der Waals surface area (Å²) in [6.07, 6.45) is 2.39. The molecule has 0 spiro atoms. The minimum atomic E-state index is 0.0118. The molecule has 2 bridgehead atoms. The predicted octanol–water partition coefficient (Wildman–Crippen LogP) is 3.81. The lowest BCUT2D eigenvalue weighted by molar-refractivity contribution is -0.00451. The molecule has 28 heavy (non-hydrogen) atoms. The van der Waals surface area contributed by atoms with Crippen LogP contribution in [0.5, 0.6) is 0 Å². The second kappa shape index (κ2) is 6.73. The highest BCUT2D eigenvalue weighted by atomic mass is 16.5. The van der Waals surface area contributed by atoms with Gasteiger partial charge in [0.15, 0.2) is 0 Å². The number of benzene rings is 1. The summed E-state index contributed by atoms with van der Waals surface area (Å²) in [7, 11) is 0. The highest BCUT2D eigenvalue weighted by molar-refractivity contribution is 5.92. The lowest BCUT2D eigenvalue weighted by atomic mass is 9.75. The maximum absolute atomic E-state index is 13.4. The number of amides is 1. The number of aromatic nitrogens is 1. The minimum Gasteiger partial charge on any atom is -0.351 e. The number of carbonyl (C=O) groups is 1. The summed E-state index contributed by atoms with van der Waals surface area (Å²) in [5.41, 5.74) is 3.48. The van der Waals surface area contributed by atoms with Gasteiger partial charge in [0.1, 0.15) is 0 Å². The van der Waals surface area contributed by atoms with Gasteiger partial charge in [-0.05, 0) is 50.3 Å². The monoisotopic (exact) mass is 379 g/mol.